The maximum atomic E-state index is 11.9. The summed E-state index contributed by atoms with van der Waals surface area (Å²) in [6.07, 6.45) is 2.35. The zero-order valence-corrected chi connectivity index (χ0v) is 9.57. The molecule has 1 saturated heterocycles. The second-order valence-corrected chi connectivity index (χ2v) is 4.58. The molecule has 1 aliphatic heterocycles. The lowest BCUT2D eigenvalue weighted by Gasteiger charge is -2.23. The van der Waals surface area contributed by atoms with Gasteiger partial charge in [-0.25, -0.2) is 0 Å². The summed E-state index contributed by atoms with van der Waals surface area (Å²) in [6.45, 7) is 4.54. The molecule has 4 nitrogen and oxygen atoms in total. The first kappa shape index (κ1) is 12.5. The molecule has 0 aromatic rings. The van der Waals surface area contributed by atoms with E-state index in [0.717, 1.165) is 12.8 Å². The highest BCUT2D eigenvalue weighted by molar-refractivity contribution is 5.78. The van der Waals surface area contributed by atoms with Crippen LogP contribution in [0.25, 0.3) is 0 Å². The molecule has 0 saturated carbocycles. The topological polar surface area (TPSA) is 60.8 Å². The van der Waals surface area contributed by atoms with E-state index in [0.29, 0.717) is 13.0 Å². The zero-order valence-electron chi connectivity index (χ0n) is 9.57. The van der Waals surface area contributed by atoms with E-state index in [1.165, 1.54) is 0 Å². The molecule has 1 fully saturated rings. The molecule has 0 aliphatic carbocycles. The molecule has 88 valence electrons. The van der Waals surface area contributed by atoms with Gasteiger partial charge in [-0.1, -0.05) is 20.3 Å². The van der Waals surface area contributed by atoms with E-state index < -0.39 is 5.60 Å². The van der Waals surface area contributed by atoms with Gasteiger partial charge in [-0.2, -0.15) is 0 Å². The maximum Gasteiger partial charge on any atom is 0.225 e. The number of likely N-dealkylation sites (tertiary alicyclic amines) is 1. The summed E-state index contributed by atoms with van der Waals surface area (Å²) in [5.41, 5.74) is -1.07. The van der Waals surface area contributed by atoms with Crippen LogP contribution in [0.1, 0.15) is 33.1 Å². The molecule has 15 heavy (non-hydrogen) atoms. The highest BCUT2D eigenvalue weighted by atomic mass is 16.3. The molecule has 1 amide bonds. The Morgan fingerprint density at radius 2 is 2.27 bits per heavy atom. The molecule has 2 N–H and O–H groups in total. The van der Waals surface area contributed by atoms with Gasteiger partial charge in [-0.15, -0.1) is 0 Å². The Hall–Kier alpha value is -0.610. The van der Waals surface area contributed by atoms with Crippen molar-refractivity contribution < 1.29 is 15.0 Å². The first-order valence-corrected chi connectivity index (χ1v) is 5.64. The normalized spacial score (nSPS) is 28.1. The highest BCUT2D eigenvalue weighted by Crippen LogP contribution is 2.23. The van der Waals surface area contributed by atoms with Crippen LogP contribution in [0.5, 0.6) is 0 Å². The van der Waals surface area contributed by atoms with E-state index >= 15 is 0 Å². The van der Waals surface area contributed by atoms with Crippen molar-refractivity contribution in [2.75, 3.05) is 19.7 Å². The van der Waals surface area contributed by atoms with Crippen LogP contribution in [0, 0.1) is 5.92 Å². The van der Waals surface area contributed by atoms with Crippen LogP contribution in [0.3, 0.4) is 0 Å². The first-order valence-electron chi connectivity index (χ1n) is 5.64. The van der Waals surface area contributed by atoms with Crippen LogP contribution in [0.15, 0.2) is 0 Å². The number of rotatable bonds is 4. The van der Waals surface area contributed by atoms with E-state index in [1.807, 2.05) is 6.92 Å². The third-order valence-corrected chi connectivity index (χ3v) is 3.08. The summed E-state index contributed by atoms with van der Waals surface area (Å²) >= 11 is 0. The van der Waals surface area contributed by atoms with E-state index in [4.69, 9.17) is 5.11 Å². The Morgan fingerprint density at radius 3 is 2.73 bits per heavy atom. The summed E-state index contributed by atoms with van der Waals surface area (Å²) in [7, 11) is 0. The third kappa shape index (κ3) is 2.92. The molecule has 0 radical (unpaired) electrons. The molecule has 0 bridgehead atoms. The van der Waals surface area contributed by atoms with Gasteiger partial charge in [0.2, 0.25) is 5.91 Å². The van der Waals surface area contributed by atoms with Crippen molar-refractivity contribution in [1.29, 1.82) is 0 Å². The third-order valence-electron chi connectivity index (χ3n) is 3.08. The molecule has 4 heteroatoms. The number of hydrogen-bond donors (Lipinski definition) is 2. The van der Waals surface area contributed by atoms with Crippen LogP contribution < -0.4 is 0 Å². The van der Waals surface area contributed by atoms with Gasteiger partial charge in [0.05, 0.1) is 13.2 Å². The summed E-state index contributed by atoms with van der Waals surface area (Å²) in [5.74, 6) is 0.122. The van der Waals surface area contributed by atoms with Crippen molar-refractivity contribution in [1.82, 2.24) is 4.90 Å². The Labute approximate surface area is 90.9 Å². The van der Waals surface area contributed by atoms with Gasteiger partial charge < -0.3 is 15.1 Å². The van der Waals surface area contributed by atoms with Gasteiger partial charge in [0.15, 0.2) is 0 Å². The average Bonchev–Trinajstić information content (AvgIpc) is 2.61. The van der Waals surface area contributed by atoms with E-state index in [1.54, 1.807) is 4.90 Å². The lowest BCUT2D eigenvalue weighted by atomic mass is 10.0. The molecule has 1 aliphatic rings. The summed E-state index contributed by atoms with van der Waals surface area (Å²) in [5, 5.41) is 18.8. The number of carbonyl (C=O) groups is 1. The second-order valence-electron chi connectivity index (χ2n) is 4.58. The quantitative estimate of drug-likeness (QED) is 0.712. The van der Waals surface area contributed by atoms with E-state index in [9.17, 15) is 9.90 Å². The predicted octanol–water partition coefficient (Wildman–Crippen LogP) is 0.378. The van der Waals surface area contributed by atoms with Crippen molar-refractivity contribution in [3.63, 3.8) is 0 Å². The fourth-order valence-electron chi connectivity index (χ4n) is 2.04. The van der Waals surface area contributed by atoms with Crippen molar-refractivity contribution in [2.45, 2.75) is 38.7 Å². The Balaban J connectivity index is 2.50. The number of aliphatic hydroxyl groups excluding tert-OH is 1. The number of β-amino-alcohol motifs (C(OH)–C–C–N with tert-alkyl or cyclic N) is 1. The average molecular weight is 215 g/mol. The minimum absolute atomic E-state index is 0.0241. The van der Waals surface area contributed by atoms with Gasteiger partial charge in [0.25, 0.3) is 0 Å². The number of hydrogen-bond acceptors (Lipinski definition) is 3. The molecule has 0 aromatic heterocycles. The fraction of sp³-hybridized carbons (Fsp3) is 0.909. The van der Waals surface area contributed by atoms with Gasteiger partial charge in [-0.3, -0.25) is 4.79 Å². The number of nitrogens with zero attached hydrogens (tertiary/aromatic N) is 1. The Kier molecular flexibility index (Phi) is 4.11. The van der Waals surface area contributed by atoms with Crippen LogP contribution in [-0.2, 0) is 4.79 Å². The number of aliphatic hydroxyl groups is 2. The number of carbonyl (C=O) groups excluding carboxylic acids is 1. The molecule has 1 rings (SSSR count). The monoisotopic (exact) mass is 215 g/mol. The summed E-state index contributed by atoms with van der Waals surface area (Å²) < 4.78 is 0. The van der Waals surface area contributed by atoms with Crippen molar-refractivity contribution in [3.05, 3.63) is 0 Å². The molecule has 0 spiro atoms. The fourth-order valence-corrected chi connectivity index (χ4v) is 2.04. The van der Waals surface area contributed by atoms with Crippen LogP contribution in [0.2, 0.25) is 0 Å². The largest absolute Gasteiger partial charge is 0.393 e. The standard InChI is InChI=1S/C11H21NO3/c1-3-4-9(2)10(14)12-6-5-11(15,7-12)8-13/h9,13,15H,3-8H2,1-2H3. The molecular weight excluding hydrogens is 194 g/mol. The Morgan fingerprint density at radius 1 is 1.60 bits per heavy atom. The zero-order chi connectivity index (χ0) is 11.5. The van der Waals surface area contributed by atoms with Crippen LogP contribution in [0.4, 0.5) is 0 Å². The SMILES string of the molecule is CCCC(C)C(=O)N1CCC(O)(CO)C1. The predicted molar refractivity (Wildman–Crippen MR) is 57.3 cm³/mol. The molecule has 2 atom stereocenters. The maximum absolute atomic E-state index is 11.9. The van der Waals surface area contributed by atoms with Crippen LogP contribution in [-0.4, -0.2) is 46.3 Å². The first-order chi connectivity index (χ1) is 7.02. The lowest BCUT2D eigenvalue weighted by molar-refractivity contribution is -0.135. The lowest BCUT2D eigenvalue weighted by Crippen LogP contribution is -2.40. The molecule has 2 unspecified atom stereocenters. The van der Waals surface area contributed by atoms with Gasteiger partial charge in [0, 0.05) is 12.5 Å². The van der Waals surface area contributed by atoms with Gasteiger partial charge in [-0.05, 0) is 12.8 Å². The van der Waals surface area contributed by atoms with Crippen molar-refractivity contribution in [3.8, 4) is 0 Å². The van der Waals surface area contributed by atoms with Crippen LogP contribution >= 0.6 is 0 Å². The molecular formula is C11H21NO3. The minimum Gasteiger partial charge on any atom is -0.393 e. The van der Waals surface area contributed by atoms with Gasteiger partial charge in [0.1, 0.15) is 5.60 Å². The second kappa shape index (κ2) is 4.94. The van der Waals surface area contributed by atoms with Gasteiger partial charge >= 0.3 is 0 Å². The smallest absolute Gasteiger partial charge is 0.225 e. The summed E-state index contributed by atoms with van der Waals surface area (Å²) in [6, 6.07) is 0. The molecule has 0 aromatic carbocycles. The van der Waals surface area contributed by atoms with Crippen molar-refractivity contribution >= 4 is 5.91 Å². The highest BCUT2D eigenvalue weighted by Gasteiger charge is 2.38. The minimum atomic E-state index is -1.07. The van der Waals surface area contributed by atoms with E-state index in [2.05, 4.69) is 6.92 Å². The number of amides is 1. The molecule has 1 heterocycles. The Bertz CT molecular complexity index is 232. The summed E-state index contributed by atoms with van der Waals surface area (Å²) in [4.78, 5) is 13.5. The van der Waals surface area contributed by atoms with Crippen molar-refractivity contribution in [2.24, 2.45) is 5.92 Å². The van der Waals surface area contributed by atoms with E-state index in [-0.39, 0.29) is 25.0 Å².